The first-order valence-corrected chi connectivity index (χ1v) is 6.90. The van der Waals surface area contributed by atoms with Gasteiger partial charge >= 0.3 is 0 Å². The quantitative estimate of drug-likeness (QED) is 0.750. The predicted octanol–water partition coefficient (Wildman–Crippen LogP) is 2.59. The van der Waals surface area contributed by atoms with E-state index in [0.717, 1.165) is 18.1 Å². The molecule has 3 nitrogen and oxygen atoms in total. The second kappa shape index (κ2) is 4.34. The number of hydrogen-bond acceptors (Lipinski definition) is 4. The fourth-order valence-corrected chi connectivity index (χ4v) is 3.89. The molecule has 2 heterocycles. The van der Waals surface area contributed by atoms with E-state index in [-0.39, 0.29) is 4.93 Å². The molecule has 1 saturated heterocycles. The molecule has 0 aromatic carbocycles. The molecular formula is C12H16N2OS. The van der Waals surface area contributed by atoms with Crippen molar-refractivity contribution in [3.8, 4) is 0 Å². The summed E-state index contributed by atoms with van der Waals surface area (Å²) >= 11 is 2.00. The van der Waals surface area contributed by atoms with Crippen LogP contribution in [-0.2, 0) is 4.74 Å². The van der Waals surface area contributed by atoms with Gasteiger partial charge in [-0.25, -0.2) is 0 Å². The molecular weight excluding hydrogens is 220 g/mol. The predicted molar refractivity (Wildman–Crippen MR) is 64.4 cm³/mol. The third-order valence-corrected chi connectivity index (χ3v) is 4.99. The standard InChI is InChI=1S/C12H16N2OS/c1-3-12(15-7-8-16-12)4-2-10(1)11-9-13-5-6-14-11/h5-6,9-10H,1-4,7-8H2. The minimum absolute atomic E-state index is 0.151. The van der Waals surface area contributed by atoms with Gasteiger partial charge in [0.2, 0.25) is 0 Å². The summed E-state index contributed by atoms with van der Waals surface area (Å²) in [5, 5.41) is 0. The molecule has 1 aliphatic heterocycles. The van der Waals surface area contributed by atoms with Crippen LogP contribution in [0.3, 0.4) is 0 Å². The molecule has 1 spiro atoms. The maximum absolute atomic E-state index is 5.89. The smallest absolute Gasteiger partial charge is 0.113 e. The largest absolute Gasteiger partial charge is 0.363 e. The van der Waals surface area contributed by atoms with E-state index < -0.39 is 0 Å². The third kappa shape index (κ3) is 1.96. The van der Waals surface area contributed by atoms with Crippen LogP contribution in [0.2, 0.25) is 0 Å². The first-order chi connectivity index (χ1) is 7.88. The van der Waals surface area contributed by atoms with Crippen molar-refractivity contribution in [1.29, 1.82) is 0 Å². The number of hydrogen-bond donors (Lipinski definition) is 0. The summed E-state index contributed by atoms with van der Waals surface area (Å²) in [6, 6.07) is 0. The Kier molecular flexibility index (Phi) is 2.86. The lowest BCUT2D eigenvalue weighted by Crippen LogP contribution is -2.30. The molecule has 86 valence electrons. The summed E-state index contributed by atoms with van der Waals surface area (Å²) in [4.78, 5) is 8.71. The Bertz CT molecular complexity index is 341. The van der Waals surface area contributed by atoms with Crippen molar-refractivity contribution in [2.75, 3.05) is 12.4 Å². The van der Waals surface area contributed by atoms with Gasteiger partial charge in [-0.1, -0.05) is 0 Å². The Labute approximate surface area is 100 Å². The highest BCUT2D eigenvalue weighted by atomic mass is 32.2. The van der Waals surface area contributed by atoms with Crippen molar-refractivity contribution in [3.63, 3.8) is 0 Å². The molecule has 1 saturated carbocycles. The number of aromatic nitrogens is 2. The summed E-state index contributed by atoms with van der Waals surface area (Å²) in [5.41, 5.74) is 1.15. The summed E-state index contributed by atoms with van der Waals surface area (Å²) in [6.07, 6.45) is 10.1. The van der Waals surface area contributed by atoms with Gasteiger partial charge in [-0.15, -0.1) is 11.8 Å². The fourth-order valence-electron chi connectivity index (χ4n) is 2.66. The molecule has 0 radical (unpaired) electrons. The van der Waals surface area contributed by atoms with Crippen molar-refractivity contribution < 1.29 is 4.74 Å². The molecule has 1 aromatic heterocycles. The lowest BCUT2D eigenvalue weighted by atomic mass is 9.85. The molecule has 0 atom stereocenters. The minimum atomic E-state index is 0.151. The fraction of sp³-hybridized carbons (Fsp3) is 0.667. The van der Waals surface area contributed by atoms with Gasteiger partial charge in [0.15, 0.2) is 0 Å². The molecule has 0 bridgehead atoms. The maximum Gasteiger partial charge on any atom is 0.113 e. The van der Waals surface area contributed by atoms with Crippen LogP contribution in [0, 0.1) is 0 Å². The molecule has 2 fully saturated rings. The van der Waals surface area contributed by atoms with Crippen LogP contribution < -0.4 is 0 Å². The van der Waals surface area contributed by atoms with Gasteiger partial charge in [0.05, 0.1) is 12.3 Å². The number of thioether (sulfide) groups is 1. The van der Waals surface area contributed by atoms with Crippen LogP contribution in [0.1, 0.15) is 37.3 Å². The SMILES string of the molecule is c1cnc(C2CCC3(CC2)OCCS3)cn1. The lowest BCUT2D eigenvalue weighted by molar-refractivity contribution is 0.0195. The zero-order valence-corrected chi connectivity index (χ0v) is 10.1. The molecule has 4 heteroatoms. The van der Waals surface area contributed by atoms with E-state index in [2.05, 4.69) is 9.97 Å². The van der Waals surface area contributed by atoms with Crippen LogP contribution in [-0.4, -0.2) is 27.3 Å². The van der Waals surface area contributed by atoms with Gasteiger partial charge in [0.25, 0.3) is 0 Å². The second-order valence-corrected chi connectivity index (χ2v) is 5.95. The van der Waals surface area contributed by atoms with Crippen molar-refractivity contribution in [2.24, 2.45) is 0 Å². The summed E-state index contributed by atoms with van der Waals surface area (Å²) in [6.45, 7) is 0.931. The van der Waals surface area contributed by atoms with Crippen LogP contribution in [0.4, 0.5) is 0 Å². The van der Waals surface area contributed by atoms with Gasteiger partial charge in [-0.3, -0.25) is 9.97 Å². The van der Waals surface area contributed by atoms with Crippen LogP contribution >= 0.6 is 11.8 Å². The van der Waals surface area contributed by atoms with E-state index in [1.807, 2.05) is 18.0 Å². The summed E-state index contributed by atoms with van der Waals surface area (Å²) < 4.78 is 5.89. The monoisotopic (exact) mass is 236 g/mol. The normalized spacial score (nSPS) is 34.4. The Balaban J connectivity index is 1.66. The van der Waals surface area contributed by atoms with Gasteiger partial charge < -0.3 is 4.74 Å². The highest BCUT2D eigenvalue weighted by Crippen LogP contribution is 2.47. The number of ether oxygens (including phenoxy) is 1. The number of nitrogens with zero attached hydrogens (tertiary/aromatic N) is 2. The maximum atomic E-state index is 5.89. The highest BCUT2D eigenvalue weighted by Gasteiger charge is 2.40. The molecule has 0 N–H and O–H groups in total. The number of rotatable bonds is 1. The van der Waals surface area contributed by atoms with Crippen LogP contribution in [0.25, 0.3) is 0 Å². The van der Waals surface area contributed by atoms with E-state index in [1.165, 1.54) is 25.7 Å². The molecule has 3 rings (SSSR count). The minimum Gasteiger partial charge on any atom is -0.363 e. The average molecular weight is 236 g/mol. The second-order valence-electron chi connectivity index (χ2n) is 4.51. The summed E-state index contributed by atoms with van der Waals surface area (Å²) in [5.74, 6) is 1.75. The zero-order valence-electron chi connectivity index (χ0n) is 9.26. The van der Waals surface area contributed by atoms with E-state index in [4.69, 9.17) is 4.74 Å². The van der Waals surface area contributed by atoms with Crippen molar-refractivity contribution in [2.45, 2.75) is 36.5 Å². The Morgan fingerprint density at radius 3 is 2.81 bits per heavy atom. The molecule has 2 aliphatic rings. The van der Waals surface area contributed by atoms with Crippen LogP contribution in [0.15, 0.2) is 18.6 Å². The van der Waals surface area contributed by atoms with Crippen molar-refractivity contribution in [3.05, 3.63) is 24.3 Å². The topological polar surface area (TPSA) is 35.0 Å². The van der Waals surface area contributed by atoms with Crippen molar-refractivity contribution >= 4 is 11.8 Å². The van der Waals surface area contributed by atoms with Gasteiger partial charge in [0, 0.05) is 30.3 Å². The molecule has 1 aliphatic carbocycles. The van der Waals surface area contributed by atoms with Crippen molar-refractivity contribution in [1.82, 2.24) is 9.97 Å². The van der Waals surface area contributed by atoms with E-state index >= 15 is 0 Å². The molecule has 0 unspecified atom stereocenters. The zero-order chi connectivity index (χ0) is 10.8. The van der Waals surface area contributed by atoms with E-state index in [0.29, 0.717) is 5.92 Å². The van der Waals surface area contributed by atoms with E-state index in [1.54, 1.807) is 12.4 Å². The van der Waals surface area contributed by atoms with Gasteiger partial charge in [-0.05, 0) is 25.7 Å². The molecule has 0 amide bonds. The Morgan fingerprint density at radius 1 is 1.31 bits per heavy atom. The average Bonchev–Trinajstić information content (AvgIpc) is 2.80. The molecule has 16 heavy (non-hydrogen) atoms. The van der Waals surface area contributed by atoms with Gasteiger partial charge in [-0.2, -0.15) is 0 Å². The Hall–Kier alpha value is -0.610. The summed E-state index contributed by atoms with van der Waals surface area (Å²) in [7, 11) is 0. The first kappa shape index (κ1) is 10.5. The highest BCUT2D eigenvalue weighted by molar-refractivity contribution is 8.00. The van der Waals surface area contributed by atoms with Gasteiger partial charge in [0.1, 0.15) is 4.93 Å². The third-order valence-electron chi connectivity index (χ3n) is 3.56. The van der Waals surface area contributed by atoms with E-state index in [9.17, 15) is 0 Å². The lowest BCUT2D eigenvalue weighted by Gasteiger charge is -2.35. The van der Waals surface area contributed by atoms with Crippen LogP contribution in [0.5, 0.6) is 0 Å². The first-order valence-electron chi connectivity index (χ1n) is 5.92. The Morgan fingerprint density at radius 2 is 2.19 bits per heavy atom. The molecule has 1 aromatic rings.